The Balaban J connectivity index is 0.959. The molecular weight excluding hydrogens is 1450 g/mol. The van der Waals surface area contributed by atoms with Gasteiger partial charge < -0.3 is 104 Å². The SMILES string of the molecule is COCCOCCOCCOCCOCCOCC(=O)N[C@H](C)C(=O)N[C@H](C)C(=O)N[C@H](CC(N)=O)C(=O)Nc1ccc(COC(=O)O[C@@H](C(=O)O[C@H]2C[C@@]3(O)[C@@H](OC(=O)c4ccccc4)[C@H]4[C@](C)(C(=O)[C@H](OC(C)=O)C(=C2C)C3(C)C)[C@@H](O)CC2OC[C@]24OC(C)=O)C(NC(=O)c2ccccc2)c2ccccc2)cc1. The van der Waals surface area contributed by atoms with E-state index in [9.17, 15) is 58.2 Å². The summed E-state index contributed by atoms with van der Waals surface area (Å²) in [4.78, 5) is 167. The van der Waals surface area contributed by atoms with E-state index in [1.165, 1.54) is 102 Å². The fourth-order valence-corrected chi connectivity index (χ4v) is 14.1. The van der Waals surface area contributed by atoms with E-state index in [1.54, 1.807) is 61.7 Å². The van der Waals surface area contributed by atoms with Crippen molar-refractivity contribution >= 4 is 76.9 Å². The predicted molar refractivity (Wildman–Crippen MR) is 389 cm³/mol. The summed E-state index contributed by atoms with van der Waals surface area (Å²) in [6.07, 6.45) is -13.9. The molecule has 33 heteroatoms. The van der Waals surface area contributed by atoms with Crippen LogP contribution in [0.2, 0.25) is 0 Å². The first kappa shape index (κ1) is 86.5. The highest BCUT2D eigenvalue weighted by atomic mass is 16.7. The van der Waals surface area contributed by atoms with E-state index in [4.69, 9.17) is 67.3 Å². The number of esters is 4. The van der Waals surface area contributed by atoms with Crippen LogP contribution in [0, 0.1) is 16.7 Å². The van der Waals surface area contributed by atoms with Crippen molar-refractivity contribution in [3.63, 3.8) is 0 Å². The van der Waals surface area contributed by atoms with Crippen molar-refractivity contribution in [2.75, 3.05) is 91.7 Å². The lowest BCUT2D eigenvalue weighted by Gasteiger charge is -2.67. The Labute approximate surface area is 641 Å². The highest BCUT2D eigenvalue weighted by Crippen LogP contribution is 2.64. The Morgan fingerprint density at radius 3 is 1.75 bits per heavy atom. The molecule has 1 aliphatic heterocycles. The quantitative estimate of drug-likeness (QED) is 0.0138. The fourth-order valence-electron chi connectivity index (χ4n) is 14.1. The molecule has 4 aromatic carbocycles. The van der Waals surface area contributed by atoms with E-state index in [1.807, 2.05) is 0 Å². The molecule has 14 atom stereocenters. The van der Waals surface area contributed by atoms with Crippen LogP contribution in [-0.2, 0) is 111 Å². The molecular formula is C78H98N6O27. The molecule has 9 N–H and O–H groups in total. The number of carbonyl (C=O) groups excluding carboxylic acids is 12. The monoisotopic (exact) mass is 1550 g/mol. The summed E-state index contributed by atoms with van der Waals surface area (Å²) in [5.74, 6) is -11.9. The van der Waals surface area contributed by atoms with Crippen LogP contribution in [0.15, 0.2) is 126 Å². The minimum Gasteiger partial charge on any atom is -0.455 e. The number of hydrogen-bond acceptors (Lipinski definition) is 27. The number of nitrogens with two attached hydrogens (primary N) is 1. The molecule has 2 unspecified atom stereocenters. The van der Waals surface area contributed by atoms with Crippen LogP contribution in [-0.4, -0.2) is 234 Å². The summed E-state index contributed by atoms with van der Waals surface area (Å²) >= 11 is 0. The molecule has 33 nitrogen and oxygen atoms in total. The van der Waals surface area contributed by atoms with E-state index in [0.717, 1.165) is 13.8 Å². The summed E-state index contributed by atoms with van der Waals surface area (Å²) < 4.78 is 74.4. The van der Waals surface area contributed by atoms with E-state index >= 15 is 9.59 Å². The molecule has 111 heavy (non-hydrogen) atoms. The molecule has 602 valence electrons. The molecule has 4 aromatic rings. The van der Waals surface area contributed by atoms with Gasteiger partial charge in [-0.3, -0.25) is 43.2 Å². The maximum atomic E-state index is 16.0. The summed E-state index contributed by atoms with van der Waals surface area (Å²) in [7, 11) is 1.59. The van der Waals surface area contributed by atoms with E-state index in [-0.39, 0.29) is 65.3 Å². The smallest absolute Gasteiger partial charge is 0.455 e. The molecule has 0 spiro atoms. The third-order valence-corrected chi connectivity index (χ3v) is 20.0. The normalized spacial score (nSPS) is 23.5. The molecule has 6 amide bonds. The molecule has 0 aromatic heterocycles. The molecule has 3 fully saturated rings. The predicted octanol–water partition coefficient (Wildman–Crippen LogP) is 3.13. The maximum absolute atomic E-state index is 16.0. The number of aliphatic hydroxyl groups is 2. The number of benzene rings is 4. The van der Waals surface area contributed by atoms with Crippen LogP contribution < -0.4 is 32.3 Å². The summed E-state index contributed by atoms with van der Waals surface area (Å²) in [5.41, 5.74) is -2.49. The zero-order valence-corrected chi connectivity index (χ0v) is 63.3. The highest BCUT2D eigenvalue weighted by molar-refractivity contribution is 6.01. The third kappa shape index (κ3) is 21.7. The molecule has 0 radical (unpaired) electrons. The minimum atomic E-state index is -2.59. The zero-order valence-electron chi connectivity index (χ0n) is 63.3. The molecule has 4 aliphatic rings. The van der Waals surface area contributed by atoms with Crippen molar-refractivity contribution in [3.05, 3.63) is 149 Å². The van der Waals surface area contributed by atoms with Crippen molar-refractivity contribution < 1.29 is 129 Å². The van der Waals surface area contributed by atoms with Crippen molar-refractivity contribution in [1.29, 1.82) is 0 Å². The number of carbonyl (C=O) groups is 12. The second kappa shape index (κ2) is 39.7. The van der Waals surface area contributed by atoms with Gasteiger partial charge in [-0.1, -0.05) is 92.7 Å². The molecule has 1 saturated heterocycles. The van der Waals surface area contributed by atoms with E-state index < -0.39 is 193 Å². The summed E-state index contributed by atoms with van der Waals surface area (Å²) in [5, 5.41) is 39.2. The van der Waals surface area contributed by atoms with Crippen LogP contribution in [0.5, 0.6) is 0 Å². The van der Waals surface area contributed by atoms with Gasteiger partial charge in [0, 0.05) is 50.5 Å². The average Bonchev–Trinajstić information content (AvgIpc) is 0.668. The summed E-state index contributed by atoms with van der Waals surface area (Å²) in [6.45, 7) is 12.6. The lowest BCUT2D eigenvalue weighted by molar-refractivity contribution is -0.346. The number of fused-ring (bicyclic) bond motifs is 5. The van der Waals surface area contributed by atoms with Crippen molar-refractivity contribution in [2.24, 2.45) is 22.5 Å². The molecule has 3 aliphatic carbocycles. The molecule has 2 saturated carbocycles. The molecule has 1 heterocycles. The Morgan fingerprint density at radius 2 is 1.20 bits per heavy atom. The number of ether oxygens (including phenoxy) is 13. The number of rotatable bonds is 39. The topological polar surface area (TPSA) is 451 Å². The number of primary amides is 1. The van der Waals surface area contributed by atoms with Crippen LogP contribution in [0.3, 0.4) is 0 Å². The number of hydrogen-bond donors (Lipinski definition) is 8. The van der Waals surface area contributed by atoms with Crippen LogP contribution >= 0.6 is 0 Å². The second-order valence-corrected chi connectivity index (χ2v) is 27.9. The number of ketones is 1. The number of aliphatic hydroxyl groups excluding tert-OH is 1. The number of methoxy groups -OCH3 is 1. The number of anilines is 1. The zero-order chi connectivity index (χ0) is 80.8. The van der Waals surface area contributed by atoms with Gasteiger partial charge in [0.25, 0.3) is 5.91 Å². The van der Waals surface area contributed by atoms with E-state index in [2.05, 4.69) is 26.6 Å². The van der Waals surface area contributed by atoms with Crippen LogP contribution in [0.1, 0.15) is 113 Å². The standard InChI is InChI=1S/C78H98N6O27/c1-45-56(41-78(98)67(110-72(95)53-23-17-12-18-24-53)65-76(8,57(87)40-58-77(65,44-106-58)111-49(5)86)66(90)63(107-48(4)85)61(45)75(78,6)7)108-73(96)64(62(51-19-13-10-14-20-51)84-70(93)52-21-15-11-16-22-52)109-74(97)105-42-50-25-27-54(28-26-50)82-71(94)55(39-59(79)88)83-69(92)47(3)81-68(91)46(2)80-60(89)43-104-38-37-103-36-35-102-34-33-101-32-31-100-30-29-99-9/h10-28,46-47,55-58,62-65,67,87,98H,29-44H2,1-9H3,(H2,79,88)(H,80,89)(H,81,91)(H,82,94)(H,83,92)(H,84,93)/t46-,47-,55-,56+,57+,58?,62?,63-,64-,65+,67+,76-,77+,78-/m1/s1. The number of amides is 6. The van der Waals surface area contributed by atoms with Gasteiger partial charge in [0.05, 0.1) is 102 Å². The molecule has 8 rings (SSSR count). The van der Waals surface area contributed by atoms with Gasteiger partial charge in [-0.15, -0.1) is 0 Å². The Hall–Kier alpha value is -10.1. The van der Waals surface area contributed by atoms with Gasteiger partial charge in [0.15, 0.2) is 17.5 Å². The lowest BCUT2D eigenvalue weighted by atomic mass is 9.44. The number of Topliss-reactive ketones (excluding diaryl/α,β-unsaturated/α-hetero) is 1. The van der Waals surface area contributed by atoms with Crippen molar-refractivity contribution in [2.45, 2.75) is 153 Å². The van der Waals surface area contributed by atoms with Gasteiger partial charge in [0.1, 0.15) is 61.3 Å². The average molecular weight is 1550 g/mol. The fraction of sp³-hybridized carbons (Fsp3) is 0.513. The van der Waals surface area contributed by atoms with Crippen molar-refractivity contribution in [3.8, 4) is 0 Å². The van der Waals surface area contributed by atoms with Gasteiger partial charge >= 0.3 is 30.0 Å². The summed E-state index contributed by atoms with van der Waals surface area (Å²) in [6, 6.07) is 23.2. The van der Waals surface area contributed by atoms with Gasteiger partial charge in [-0.05, 0) is 86.4 Å². The maximum Gasteiger partial charge on any atom is 0.509 e. The Bertz CT molecular complexity index is 3960. The van der Waals surface area contributed by atoms with Crippen LogP contribution in [0.4, 0.5) is 10.5 Å². The minimum absolute atomic E-state index is 0.0167. The van der Waals surface area contributed by atoms with Crippen molar-refractivity contribution in [1.82, 2.24) is 21.3 Å². The Morgan fingerprint density at radius 1 is 0.649 bits per heavy atom. The van der Waals surface area contributed by atoms with Gasteiger partial charge in [-0.25, -0.2) is 14.4 Å². The third-order valence-electron chi connectivity index (χ3n) is 20.0. The second-order valence-electron chi connectivity index (χ2n) is 27.9. The number of nitrogens with one attached hydrogen (secondary N) is 5. The van der Waals surface area contributed by atoms with Gasteiger partial charge in [-0.2, -0.15) is 0 Å². The van der Waals surface area contributed by atoms with Crippen LogP contribution in [0.25, 0.3) is 0 Å². The Kier molecular flexibility index (Phi) is 30.9. The first-order valence-electron chi connectivity index (χ1n) is 36.2. The largest absolute Gasteiger partial charge is 0.509 e. The first-order chi connectivity index (χ1) is 52.9. The van der Waals surface area contributed by atoms with Gasteiger partial charge in [0.2, 0.25) is 35.6 Å². The first-order valence-corrected chi connectivity index (χ1v) is 36.2. The molecule has 2 bridgehead atoms. The van der Waals surface area contributed by atoms with E-state index in [0.29, 0.717) is 46.2 Å². The highest BCUT2D eigenvalue weighted by Gasteiger charge is 2.78. The lowest BCUT2D eigenvalue weighted by Crippen LogP contribution is -2.82.